The van der Waals surface area contributed by atoms with Crippen LogP contribution in [0.3, 0.4) is 0 Å². The number of ether oxygens (including phenoxy) is 3. The number of rotatable bonds is 5. The highest BCUT2D eigenvalue weighted by Crippen LogP contribution is 2.27. The van der Waals surface area contributed by atoms with Gasteiger partial charge in [-0.15, -0.1) is 0 Å². The molecule has 4 nitrogen and oxygen atoms in total. The fourth-order valence-corrected chi connectivity index (χ4v) is 1.86. The first kappa shape index (κ1) is 15.5. The second-order valence-corrected chi connectivity index (χ2v) is 4.86. The SMILES string of the molecule is COc1ccc(OC(=O)COc2cc(Cl)ccc2Cl)cc1. The maximum absolute atomic E-state index is 11.7. The molecular weight excluding hydrogens is 315 g/mol. The molecule has 0 atom stereocenters. The van der Waals surface area contributed by atoms with E-state index < -0.39 is 5.97 Å². The number of esters is 1. The summed E-state index contributed by atoms with van der Waals surface area (Å²) in [5.41, 5.74) is 0. The van der Waals surface area contributed by atoms with Crippen LogP contribution in [0.2, 0.25) is 10.0 Å². The molecule has 0 aliphatic carbocycles. The van der Waals surface area contributed by atoms with Crippen molar-refractivity contribution in [2.75, 3.05) is 13.7 Å². The van der Waals surface area contributed by atoms with Crippen molar-refractivity contribution in [1.29, 1.82) is 0 Å². The average Bonchev–Trinajstić information content (AvgIpc) is 2.49. The Labute approximate surface area is 132 Å². The van der Waals surface area contributed by atoms with Crippen LogP contribution in [-0.2, 0) is 4.79 Å². The minimum absolute atomic E-state index is 0.272. The lowest BCUT2D eigenvalue weighted by molar-refractivity contribution is -0.136. The van der Waals surface area contributed by atoms with Gasteiger partial charge in [0, 0.05) is 11.1 Å². The molecule has 0 aliphatic rings. The van der Waals surface area contributed by atoms with Gasteiger partial charge >= 0.3 is 5.97 Å². The Morgan fingerprint density at radius 2 is 1.71 bits per heavy atom. The number of benzene rings is 2. The second-order valence-electron chi connectivity index (χ2n) is 4.01. The highest BCUT2D eigenvalue weighted by atomic mass is 35.5. The summed E-state index contributed by atoms with van der Waals surface area (Å²) in [6.45, 7) is -0.272. The predicted molar refractivity (Wildman–Crippen MR) is 80.6 cm³/mol. The highest BCUT2D eigenvalue weighted by Gasteiger charge is 2.09. The molecule has 0 aliphatic heterocycles. The topological polar surface area (TPSA) is 44.8 Å². The van der Waals surface area contributed by atoms with Gasteiger partial charge in [0.05, 0.1) is 12.1 Å². The fourth-order valence-electron chi connectivity index (χ4n) is 1.53. The van der Waals surface area contributed by atoms with Crippen LogP contribution in [0.25, 0.3) is 0 Å². The molecule has 0 bridgehead atoms. The highest BCUT2D eigenvalue weighted by molar-refractivity contribution is 6.34. The minimum atomic E-state index is -0.545. The van der Waals surface area contributed by atoms with Gasteiger partial charge in [0.15, 0.2) is 6.61 Å². The molecule has 2 aromatic rings. The van der Waals surface area contributed by atoms with E-state index in [1.54, 1.807) is 43.5 Å². The molecule has 0 N–H and O–H groups in total. The maximum atomic E-state index is 11.7. The Hall–Kier alpha value is -1.91. The minimum Gasteiger partial charge on any atom is -0.497 e. The summed E-state index contributed by atoms with van der Waals surface area (Å²) in [5.74, 6) is 0.866. The summed E-state index contributed by atoms with van der Waals surface area (Å²) in [6.07, 6.45) is 0. The van der Waals surface area contributed by atoms with Crippen LogP contribution in [0, 0.1) is 0 Å². The molecule has 0 spiro atoms. The van der Waals surface area contributed by atoms with E-state index in [2.05, 4.69) is 0 Å². The first-order chi connectivity index (χ1) is 10.1. The van der Waals surface area contributed by atoms with Crippen molar-refractivity contribution in [1.82, 2.24) is 0 Å². The van der Waals surface area contributed by atoms with Crippen molar-refractivity contribution in [3.63, 3.8) is 0 Å². The summed E-state index contributed by atoms with van der Waals surface area (Å²) in [7, 11) is 1.56. The summed E-state index contributed by atoms with van der Waals surface area (Å²) in [6, 6.07) is 11.4. The third kappa shape index (κ3) is 4.55. The number of carbonyl (C=O) groups is 1. The van der Waals surface area contributed by atoms with Crippen molar-refractivity contribution >= 4 is 29.2 Å². The van der Waals surface area contributed by atoms with E-state index in [4.69, 9.17) is 37.4 Å². The van der Waals surface area contributed by atoms with Crippen molar-refractivity contribution < 1.29 is 19.0 Å². The summed E-state index contributed by atoms with van der Waals surface area (Å²) < 4.78 is 15.4. The molecule has 2 rings (SSSR count). The fraction of sp³-hybridized carbons (Fsp3) is 0.133. The normalized spacial score (nSPS) is 10.0. The van der Waals surface area contributed by atoms with Gasteiger partial charge in [-0.3, -0.25) is 0 Å². The van der Waals surface area contributed by atoms with Crippen LogP contribution in [0.1, 0.15) is 0 Å². The molecule has 6 heteroatoms. The zero-order chi connectivity index (χ0) is 15.2. The molecule has 0 radical (unpaired) electrons. The smallest absolute Gasteiger partial charge is 0.349 e. The lowest BCUT2D eigenvalue weighted by atomic mass is 10.3. The Morgan fingerprint density at radius 1 is 1.05 bits per heavy atom. The Bertz CT molecular complexity index is 626. The molecule has 2 aromatic carbocycles. The van der Waals surface area contributed by atoms with Crippen LogP contribution in [0.15, 0.2) is 42.5 Å². The van der Waals surface area contributed by atoms with E-state index in [1.807, 2.05) is 0 Å². The number of methoxy groups -OCH3 is 1. The van der Waals surface area contributed by atoms with E-state index >= 15 is 0 Å². The molecule has 110 valence electrons. The summed E-state index contributed by atoms with van der Waals surface area (Å²) in [5, 5.41) is 0.842. The van der Waals surface area contributed by atoms with E-state index in [0.29, 0.717) is 27.3 Å². The zero-order valence-electron chi connectivity index (χ0n) is 11.1. The average molecular weight is 327 g/mol. The molecule has 0 saturated heterocycles. The molecule has 0 aromatic heterocycles. The summed E-state index contributed by atoms with van der Waals surface area (Å²) >= 11 is 11.7. The van der Waals surface area contributed by atoms with Gasteiger partial charge in [0.1, 0.15) is 17.2 Å². The van der Waals surface area contributed by atoms with Gasteiger partial charge in [0.25, 0.3) is 0 Å². The van der Waals surface area contributed by atoms with Gasteiger partial charge < -0.3 is 14.2 Å². The number of hydrogen-bond acceptors (Lipinski definition) is 4. The van der Waals surface area contributed by atoms with Crippen molar-refractivity contribution in [2.45, 2.75) is 0 Å². The molecule has 0 heterocycles. The number of hydrogen-bond donors (Lipinski definition) is 0. The van der Waals surface area contributed by atoms with Crippen molar-refractivity contribution in [3.8, 4) is 17.2 Å². The Kier molecular flexibility index (Phi) is 5.31. The van der Waals surface area contributed by atoms with Crippen LogP contribution < -0.4 is 14.2 Å². The predicted octanol–water partition coefficient (Wildman–Crippen LogP) is 3.99. The van der Waals surface area contributed by atoms with E-state index in [9.17, 15) is 4.79 Å². The van der Waals surface area contributed by atoms with Crippen molar-refractivity contribution in [2.24, 2.45) is 0 Å². The lowest BCUT2D eigenvalue weighted by Crippen LogP contribution is -2.17. The van der Waals surface area contributed by atoms with E-state index in [-0.39, 0.29) is 6.61 Å². The van der Waals surface area contributed by atoms with Crippen LogP contribution in [0.5, 0.6) is 17.2 Å². The standard InChI is InChI=1S/C15H12Cl2O4/c1-19-11-3-5-12(6-4-11)21-15(18)9-20-14-8-10(16)2-7-13(14)17/h2-8H,9H2,1H3. The first-order valence-electron chi connectivity index (χ1n) is 6.01. The van der Waals surface area contributed by atoms with Crippen LogP contribution in [-0.4, -0.2) is 19.7 Å². The molecule has 0 unspecified atom stereocenters. The second kappa shape index (κ2) is 7.20. The monoisotopic (exact) mass is 326 g/mol. The van der Waals surface area contributed by atoms with Gasteiger partial charge in [-0.2, -0.15) is 0 Å². The zero-order valence-corrected chi connectivity index (χ0v) is 12.6. The maximum Gasteiger partial charge on any atom is 0.349 e. The number of halogens is 2. The van der Waals surface area contributed by atoms with E-state index in [1.165, 1.54) is 6.07 Å². The third-order valence-corrected chi connectivity index (χ3v) is 3.08. The third-order valence-electron chi connectivity index (χ3n) is 2.53. The van der Waals surface area contributed by atoms with Gasteiger partial charge in [-0.05, 0) is 36.4 Å². The Morgan fingerprint density at radius 3 is 2.38 bits per heavy atom. The van der Waals surface area contributed by atoms with Crippen LogP contribution >= 0.6 is 23.2 Å². The van der Waals surface area contributed by atoms with E-state index in [0.717, 1.165) is 0 Å². The van der Waals surface area contributed by atoms with Gasteiger partial charge in [-0.25, -0.2) is 4.79 Å². The molecule has 21 heavy (non-hydrogen) atoms. The largest absolute Gasteiger partial charge is 0.497 e. The number of carbonyl (C=O) groups excluding carboxylic acids is 1. The quantitative estimate of drug-likeness (QED) is 0.615. The van der Waals surface area contributed by atoms with Gasteiger partial charge in [0.2, 0.25) is 0 Å². The summed E-state index contributed by atoms with van der Waals surface area (Å²) in [4.78, 5) is 11.7. The first-order valence-corrected chi connectivity index (χ1v) is 6.76. The molecule has 0 saturated carbocycles. The molecule has 0 amide bonds. The lowest BCUT2D eigenvalue weighted by Gasteiger charge is -2.08. The van der Waals surface area contributed by atoms with Crippen molar-refractivity contribution in [3.05, 3.63) is 52.5 Å². The van der Waals surface area contributed by atoms with Gasteiger partial charge in [-0.1, -0.05) is 23.2 Å². The van der Waals surface area contributed by atoms with Crippen LogP contribution in [0.4, 0.5) is 0 Å². The molecule has 0 fully saturated rings. The Balaban J connectivity index is 1.91. The molecular formula is C15H12Cl2O4.